The third-order valence-corrected chi connectivity index (χ3v) is 5.10. The monoisotopic (exact) mass is 324 g/mol. The van der Waals surface area contributed by atoms with Crippen LogP contribution in [-0.4, -0.2) is 16.2 Å². The molecule has 0 saturated heterocycles. The van der Waals surface area contributed by atoms with E-state index in [0.29, 0.717) is 17.0 Å². The van der Waals surface area contributed by atoms with Crippen LogP contribution in [0.5, 0.6) is 0 Å². The van der Waals surface area contributed by atoms with Crippen molar-refractivity contribution in [3.05, 3.63) is 71.3 Å². The molecule has 0 bridgehead atoms. The van der Waals surface area contributed by atoms with E-state index < -0.39 is 18.0 Å². The molecule has 2 atom stereocenters. The molecule has 1 saturated carbocycles. The van der Waals surface area contributed by atoms with Gasteiger partial charge < -0.3 is 10.2 Å². The SMILES string of the molecule is O=C(O)[C@@H](c1ccc(C2CCCCC2)cc1)[C@H](O)c1ccccc1. The Morgan fingerprint density at radius 3 is 2.08 bits per heavy atom. The van der Waals surface area contributed by atoms with Crippen LogP contribution < -0.4 is 0 Å². The summed E-state index contributed by atoms with van der Waals surface area (Å²) >= 11 is 0. The first kappa shape index (κ1) is 16.7. The molecule has 3 rings (SSSR count). The molecule has 2 aromatic carbocycles. The molecule has 1 aliphatic carbocycles. The van der Waals surface area contributed by atoms with E-state index in [2.05, 4.69) is 0 Å². The normalized spacial score (nSPS) is 18.0. The van der Waals surface area contributed by atoms with Gasteiger partial charge >= 0.3 is 5.97 Å². The molecule has 3 heteroatoms. The Morgan fingerprint density at radius 1 is 0.875 bits per heavy atom. The number of carboxylic acid groups (broad SMARTS) is 1. The average Bonchev–Trinajstić information content (AvgIpc) is 2.63. The van der Waals surface area contributed by atoms with Gasteiger partial charge in [0.15, 0.2) is 0 Å². The largest absolute Gasteiger partial charge is 0.481 e. The van der Waals surface area contributed by atoms with Crippen molar-refractivity contribution in [3.63, 3.8) is 0 Å². The highest BCUT2D eigenvalue weighted by atomic mass is 16.4. The second kappa shape index (κ2) is 7.63. The van der Waals surface area contributed by atoms with Crippen LogP contribution in [0.4, 0.5) is 0 Å². The second-order valence-electron chi connectivity index (χ2n) is 6.67. The molecule has 1 fully saturated rings. The van der Waals surface area contributed by atoms with Crippen LogP contribution in [0, 0.1) is 0 Å². The molecule has 24 heavy (non-hydrogen) atoms. The van der Waals surface area contributed by atoms with Gasteiger partial charge in [-0.3, -0.25) is 4.79 Å². The number of carbonyl (C=O) groups is 1. The molecule has 0 heterocycles. The molecule has 2 aromatic rings. The van der Waals surface area contributed by atoms with Crippen LogP contribution in [0.3, 0.4) is 0 Å². The molecular formula is C21H24O3. The van der Waals surface area contributed by atoms with Gasteiger partial charge in [-0.2, -0.15) is 0 Å². The minimum Gasteiger partial charge on any atom is -0.481 e. The summed E-state index contributed by atoms with van der Waals surface area (Å²) in [5.74, 6) is -1.36. The van der Waals surface area contributed by atoms with E-state index in [1.54, 1.807) is 12.1 Å². The summed E-state index contributed by atoms with van der Waals surface area (Å²) in [7, 11) is 0. The van der Waals surface area contributed by atoms with Gasteiger partial charge in [-0.05, 0) is 35.4 Å². The number of aliphatic carboxylic acids is 1. The predicted octanol–water partition coefficient (Wildman–Crippen LogP) is 4.64. The van der Waals surface area contributed by atoms with Crippen molar-refractivity contribution >= 4 is 5.97 Å². The summed E-state index contributed by atoms with van der Waals surface area (Å²) in [5.41, 5.74) is 2.57. The summed E-state index contributed by atoms with van der Waals surface area (Å²) in [4.78, 5) is 11.7. The third-order valence-electron chi connectivity index (χ3n) is 5.10. The summed E-state index contributed by atoms with van der Waals surface area (Å²) < 4.78 is 0. The molecule has 0 amide bonds. The highest BCUT2D eigenvalue weighted by Gasteiger charge is 2.29. The Bertz CT molecular complexity index is 657. The van der Waals surface area contributed by atoms with Crippen LogP contribution >= 0.6 is 0 Å². The van der Waals surface area contributed by atoms with Gasteiger partial charge in [0, 0.05) is 0 Å². The minimum atomic E-state index is -1.05. The number of hydrogen-bond donors (Lipinski definition) is 2. The summed E-state index contributed by atoms with van der Waals surface area (Å²) in [6, 6.07) is 16.8. The summed E-state index contributed by atoms with van der Waals surface area (Å²) in [6.07, 6.45) is 5.25. The number of aliphatic hydroxyl groups is 1. The van der Waals surface area contributed by atoms with Crippen molar-refractivity contribution < 1.29 is 15.0 Å². The Labute approximate surface area is 143 Å². The van der Waals surface area contributed by atoms with Crippen molar-refractivity contribution in [3.8, 4) is 0 Å². The standard InChI is InChI=1S/C21H24O3/c22-20(18-9-5-2-6-10-18)19(21(23)24)17-13-11-16(12-14-17)15-7-3-1-4-8-15/h2,5-6,9-15,19-20,22H,1,3-4,7-8H2,(H,23,24)/t19-,20+/m0/s1. The topological polar surface area (TPSA) is 57.5 Å². The van der Waals surface area contributed by atoms with E-state index in [4.69, 9.17) is 0 Å². The highest BCUT2D eigenvalue weighted by molar-refractivity contribution is 5.77. The lowest BCUT2D eigenvalue weighted by Crippen LogP contribution is -2.20. The van der Waals surface area contributed by atoms with E-state index in [9.17, 15) is 15.0 Å². The molecule has 3 nitrogen and oxygen atoms in total. The molecule has 0 spiro atoms. The number of aliphatic hydroxyl groups excluding tert-OH is 1. The third kappa shape index (κ3) is 3.68. The lowest BCUT2D eigenvalue weighted by Gasteiger charge is -2.23. The molecule has 0 unspecified atom stereocenters. The van der Waals surface area contributed by atoms with Gasteiger partial charge in [-0.25, -0.2) is 0 Å². The van der Waals surface area contributed by atoms with Gasteiger partial charge in [0.2, 0.25) is 0 Å². The Kier molecular flexibility index (Phi) is 5.31. The first-order chi connectivity index (χ1) is 11.7. The number of hydrogen-bond acceptors (Lipinski definition) is 2. The quantitative estimate of drug-likeness (QED) is 0.842. The Morgan fingerprint density at radius 2 is 1.50 bits per heavy atom. The Balaban J connectivity index is 1.82. The maximum atomic E-state index is 11.7. The molecular weight excluding hydrogens is 300 g/mol. The van der Waals surface area contributed by atoms with Crippen molar-refractivity contribution in [2.75, 3.05) is 0 Å². The van der Waals surface area contributed by atoms with E-state index in [0.717, 1.165) is 0 Å². The maximum absolute atomic E-state index is 11.7. The zero-order valence-electron chi connectivity index (χ0n) is 13.8. The summed E-state index contributed by atoms with van der Waals surface area (Å²) in [5, 5.41) is 20.2. The molecule has 0 radical (unpaired) electrons. The van der Waals surface area contributed by atoms with E-state index in [1.807, 2.05) is 42.5 Å². The summed E-state index contributed by atoms with van der Waals surface area (Å²) in [6.45, 7) is 0. The molecule has 2 N–H and O–H groups in total. The predicted molar refractivity (Wildman–Crippen MR) is 94.0 cm³/mol. The van der Waals surface area contributed by atoms with Crippen LogP contribution in [0.1, 0.15) is 66.7 Å². The van der Waals surface area contributed by atoms with Crippen LogP contribution in [-0.2, 0) is 4.79 Å². The van der Waals surface area contributed by atoms with Gasteiger partial charge in [0.1, 0.15) is 5.92 Å². The van der Waals surface area contributed by atoms with Gasteiger partial charge in [0.05, 0.1) is 6.10 Å². The molecule has 0 aliphatic heterocycles. The zero-order valence-corrected chi connectivity index (χ0v) is 13.8. The van der Waals surface area contributed by atoms with Crippen molar-refractivity contribution in [1.29, 1.82) is 0 Å². The van der Waals surface area contributed by atoms with Crippen molar-refractivity contribution in [2.24, 2.45) is 0 Å². The fourth-order valence-corrected chi connectivity index (χ4v) is 3.71. The van der Waals surface area contributed by atoms with E-state index in [1.165, 1.54) is 37.7 Å². The first-order valence-electron chi connectivity index (χ1n) is 8.72. The van der Waals surface area contributed by atoms with Crippen molar-refractivity contribution in [2.45, 2.75) is 50.0 Å². The fourth-order valence-electron chi connectivity index (χ4n) is 3.71. The van der Waals surface area contributed by atoms with Crippen LogP contribution in [0.2, 0.25) is 0 Å². The lowest BCUT2D eigenvalue weighted by atomic mass is 9.82. The highest BCUT2D eigenvalue weighted by Crippen LogP contribution is 2.35. The molecule has 1 aliphatic rings. The van der Waals surface area contributed by atoms with Crippen LogP contribution in [0.25, 0.3) is 0 Å². The van der Waals surface area contributed by atoms with Gasteiger partial charge in [-0.1, -0.05) is 73.9 Å². The van der Waals surface area contributed by atoms with Gasteiger partial charge in [-0.15, -0.1) is 0 Å². The first-order valence-corrected chi connectivity index (χ1v) is 8.72. The molecule has 126 valence electrons. The van der Waals surface area contributed by atoms with Gasteiger partial charge in [0.25, 0.3) is 0 Å². The van der Waals surface area contributed by atoms with Crippen molar-refractivity contribution in [1.82, 2.24) is 0 Å². The van der Waals surface area contributed by atoms with E-state index >= 15 is 0 Å². The average molecular weight is 324 g/mol. The fraction of sp³-hybridized carbons (Fsp3) is 0.381. The van der Waals surface area contributed by atoms with Crippen LogP contribution in [0.15, 0.2) is 54.6 Å². The second-order valence-corrected chi connectivity index (χ2v) is 6.67. The lowest BCUT2D eigenvalue weighted by molar-refractivity contribution is -0.141. The minimum absolute atomic E-state index is 0.593. The number of benzene rings is 2. The van der Waals surface area contributed by atoms with E-state index in [-0.39, 0.29) is 0 Å². The smallest absolute Gasteiger partial charge is 0.314 e. The number of rotatable bonds is 5. The maximum Gasteiger partial charge on any atom is 0.314 e. The molecule has 0 aromatic heterocycles. The zero-order chi connectivity index (χ0) is 16.9. The number of carboxylic acids is 1. The Hall–Kier alpha value is -2.13.